The van der Waals surface area contributed by atoms with Crippen molar-refractivity contribution in [1.82, 2.24) is 14.9 Å². The highest BCUT2D eigenvalue weighted by molar-refractivity contribution is 6.30. The van der Waals surface area contributed by atoms with Crippen LogP contribution in [0.2, 0.25) is 5.15 Å². The molecular weight excluding hydrogens is 408 g/mol. The zero-order valence-corrected chi connectivity index (χ0v) is 18.3. The number of halogens is 1. The lowest BCUT2D eigenvalue weighted by atomic mass is 10.0. The number of benzene rings is 1. The molecule has 2 N–H and O–H groups in total. The maximum Gasteiger partial charge on any atom is 0.411 e. The number of rotatable bonds is 8. The second-order valence-corrected chi connectivity index (χ2v) is 8.02. The van der Waals surface area contributed by atoms with Gasteiger partial charge in [-0.15, -0.1) is 0 Å². The minimum atomic E-state index is -1.19. The molecular formula is C21H27ClN4O4. The van der Waals surface area contributed by atoms with Gasteiger partial charge in [-0.25, -0.2) is 19.6 Å². The van der Waals surface area contributed by atoms with Crippen LogP contribution in [0.25, 0.3) is 0 Å². The van der Waals surface area contributed by atoms with Gasteiger partial charge in [-0.3, -0.25) is 4.90 Å². The summed E-state index contributed by atoms with van der Waals surface area (Å²) in [6, 6.07) is 8.01. The number of anilines is 1. The van der Waals surface area contributed by atoms with E-state index in [1.165, 1.54) is 11.2 Å². The number of ether oxygens (including phenoxy) is 1. The van der Waals surface area contributed by atoms with Crippen LogP contribution in [0.3, 0.4) is 0 Å². The van der Waals surface area contributed by atoms with Crippen molar-refractivity contribution < 1.29 is 19.4 Å². The van der Waals surface area contributed by atoms with Crippen molar-refractivity contribution in [1.29, 1.82) is 0 Å². The standard InChI is InChI=1S/C21H27ClN4O4/c1-5-15-17(22)24-13-25-18(15)23-11-16(19(27)28)26(21(2,3)4)20(29)30-12-14-9-7-6-8-10-14/h6-10,13,16H,5,11-12H2,1-4H3,(H,27,28)(H,23,24,25)/t16-/m0/s1. The lowest BCUT2D eigenvalue weighted by Gasteiger charge is -2.39. The fourth-order valence-corrected chi connectivity index (χ4v) is 3.26. The van der Waals surface area contributed by atoms with E-state index in [2.05, 4.69) is 15.3 Å². The molecule has 162 valence electrons. The normalized spacial score (nSPS) is 12.2. The van der Waals surface area contributed by atoms with E-state index in [1.807, 2.05) is 37.3 Å². The fraction of sp³-hybridized carbons (Fsp3) is 0.429. The summed E-state index contributed by atoms with van der Waals surface area (Å²) < 4.78 is 5.41. The number of hydrogen-bond donors (Lipinski definition) is 2. The van der Waals surface area contributed by atoms with Gasteiger partial charge in [0, 0.05) is 17.6 Å². The molecule has 1 amide bonds. The number of carbonyl (C=O) groups is 2. The van der Waals surface area contributed by atoms with Crippen molar-refractivity contribution in [2.75, 3.05) is 11.9 Å². The van der Waals surface area contributed by atoms with Crippen LogP contribution in [0.4, 0.5) is 10.6 Å². The Kier molecular flexibility index (Phi) is 8.00. The molecule has 0 bridgehead atoms. The quantitative estimate of drug-likeness (QED) is 0.605. The smallest absolute Gasteiger partial charge is 0.411 e. The highest BCUT2D eigenvalue weighted by Crippen LogP contribution is 2.23. The summed E-state index contributed by atoms with van der Waals surface area (Å²) >= 11 is 6.10. The molecule has 9 heteroatoms. The molecule has 1 aromatic carbocycles. The summed E-state index contributed by atoms with van der Waals surface area (Å²) in [6.45, 7) is 7.14. The molecule has 0 aliphatic carbocycles. The number of carboxylic acid groups (broad SMARTS) is 1. The van der Waals surface area contributed by atoms with E-state index in [0.29, 0.717) is 23.0 Å². The molecule has 1 atom stereocenters. The van der Waals surface area contributed by atoms with E-state index in [1.54, 1.807) is 20.8 Å². The predicted molar refractivity (Wildman–Crippen MR) is 115 cm³/mol. The van der Waals surface area contributed by atoms with Gasteiger partial charge in [-0.2, -0.15) is 0 Å². The van der Waals surface area contributed by atoms with Gasteiger partial charge in [0.1, 0.15) is 23.9 Å². The topological polar surface area (TPSA) is 105 Å². The summed E-state index contributed by atoms with van der Waals surface area (Å²) in [6.07, 6.45) is 1.16. The van der Waals surface area contributed by atoms with Crippen LogP contribution in [-0.2, 0) is 22.6 Å². The maximum absolute atomic E-state index is 12.9. The van der Waals surface area contributed by atoms with Crippen LogP contribution < -0.4 is 5.32 Å². The lowest BCUT2D eigenvalue weighted by molar-refractivity contribution is -0.144. The fourth-order valence-electron chi connectivity index (χ4n) is 3.00. The molecule has 1 heterocycles. The minimum Gasteiger partial charge on any atom is -0.480 e. The van der Waals surface area contributed by atoms with Gasteiger partial charge >= 0.3 is 12.1 Å². The summed E-state index contributed by atoms with van der Waals surface area (Å²) in [5.74, 6) is -0.720. The number of nitrogens with zero attached hydrogens (tertiary/aromatic N) is 3. The van der Waals surface area contributed by atoms with Crippen LogP contribution in [0.1, 0.15) is 38.8 Å². The summed E-state index contributed by atoms with van der Waals surface area (Å²) in [7, 11) is 0. The predicted octanol–water partition coefficient (Wildman–Crippen LogP) is 3.99. The highest BCUT2D eigenvalue weighted by Gasteiger charge is 2.38. The van der Waals surface area contributed by atoms with Gasteiger partial charge in [0.05, 0.1) is 0 Å². The number of hydrogen-bond acceptors (Lipinski definition) is 6. The zero-order valence-electron chi connectivity index (χ0n) is 17.6. The third kappa shape index (κ3) is 6.06. The Hall–Kier alpha value is -2.87. The summed E-state index contributed by atoms with van der Waals surface area (Å²) in [4.78, 5) is 34.2. The largest absolute Gasteiger partial charge is 0.480 e. The second-order valence-electron chi connectivity index (χ2n) is 7.66. The SMILES string of the molecule is CCc1c(Cl)ncnc1NC[C@@H](C(=O)O)N(C(=O)OCc1ccccc1)C(C)(C)C. The summed E-state index contributed by atoms with van der Waals surface area (Å²) in [5.41, 5.74) is 0.695. The van der Waals surface area contributed by atoms with Crippen molar-refractivity contribution in [2.24, 2.45) is 0 Å². The molecule has 2 rings (SSSR count). The average molecular weight is 435 g/mol. The van der Waals surface area contributed by atoms with E-state index >= 15 is 0 Å². The van der Waals surface area contributed by atoms with Crippen molar-refractivity contribution in [2.45, 2.75) is 52.3 Å². The molecule has 1 aromatic heterocycles. The molecule has 0 spiro atoms. The number of aromatic nitrogens is 2. The first-order valence-electron chi connectivity index (χ1n) is 9.61. The number of aliphatic carboxylic acids is 1. The lowest BCUT2D eigenvalue weighted by Crippen LogP contribution is -2.57. The Morgan fingerprint density at radius 1 is 1.23 bits per heavy atom. The molecule has 8 nitrogen and oxygen atoms in total. The average Bonchev–Trinajstić information content (AvgIpc) is 2.69. The first-order valence-corrected chi connectivity index (χ1v) is 9.99. The zero-order chi connectivity index (χ0) is 22.3. The third-order valence-corrected chi connectivity index (χ3v) is 4.76. The Morgan fingerprint density at radius 3 is 2.47 bits per heavy atom. The van der Waals surface area contributed by atoms with Gasteiger partial charge in [-0.05, 0) is 32.8 Å². The van der Waals surface area contributed by atoms with E-state index in [4.69, 9.17) is 16.3 Å². The van der Waals surface area contributed by atoms with Crippen LogP contribution in [0.15, 0.2) is 36.7 Å². The molecule has 0 unspecified atom stereocenters. The van der Waals surface area contributed by atoms with E-state index in [9.17, 15) is 14.7 Å². The Morgan fingerprint density at radius 2 is 1.90 bits per heavy atom. The molecule has 0 fully saturated rings. The van der Waals surface area contributed by atoms with Crippen LogP contribution >= 0.6 is 11.6 Å². The molecule has 0 radical (unpaired) electrons. The van der Waals surface area contributed by atoms with E-state index < -0.39 is 23.6 Å². The molecule has 0 saturated heterocycles. The summed E-state index contributed by atoms with van der Waals surface area (Å²) in [5, 5.41) is 13.2. The first kappa shape index (κ1) is 23.4. The van der Waals surface area contributed by atoms with Gasteiger partial charge < -0.3 is 15.2 Å². The second kappa shape index (κ2) is 10.2. The minimum absolute atomic E-state index is 0.0491. The first-order chi connectivity index (χ1) is 14.1. The van der Waals surface area contributed by atoms with Crippen molar-refractivity contribution in [3.05, 3.63) is 52.9 Å². The van der Waals surface area contributed by atoms with Gasteiger partial charge in [0.2, 0.25) is 0 Å². The van der Waals surface area contributed by atoms with Crippen LogP contribution in [0, 0.1) is 0 Å². The Balaban J connectivity index is 2.20. The van der Waals surface area contributed by atoms with Crippen LogP contribution in [0.5, 0.6) is 0 Å². The molecule has 0 aliphatic rings. The van der Waals surface area contributed by atoms with E-state index in [0.717, 1.165) is 5.56 Å². The number of amides is 1. The van der Waals surface area contributed by atoms with Gasteiger partial charge in [-0.1, -0.05) is 48.9 Å². The highest BCUT2D eigenvalue weighted by atomic mass is 35.5. The van der Waals surface area contributed by atoms with Crippen molar-refractivity contribution >= 4 is 29.5 Å². The monoisotopic (exact) mass is 434 g/mol. The van der Waals surface area contributed by atoms with Crippen molar-refractivity contribution in [3.63, 3.8) is 0 Å². The molecule has 0 aliphatic heterocycles. The van der Waals surface area contributed by atoms with E-state index in [-0.39, 0.29) is 13.2 Å². The maximum atomic E-state index is 12.9. The van der Waals surface area contributed by atoms with Gasteiger partial charge in [0.15, 0.2) is 6.04 Å². The molecule has 2 aromatic rings. The third-order valence-electron chi connectivity index (χ3n) is 4.43. The number of carbonyl (C=O) groups excluding carboxylic acids is 1. The van der Waals surface area contributed by atoms with Crippen LogP contribution in [-0.4, -0.2) is 50.2 Å². The Bertz CT molecular complexity index is 871. The number of carboxylic acids is 1. The molecule has 0 saturated carbocycles. The van der Waals surface area contributed by atoms with Crippen molar-refractivity contribution in [3.8, 4) is 0 Å². The molecule has 30 heavy (non-hydrogen) atoms. The Labute approximate surface area is 181 Å². The number of nitrogens with one attached hydrogen (secondary N) is 1. The van der Waals surface area contributed by atoms with Gasteiger partial charge in [0.25, 0.3) is 0 Å².